The molecule has 82 valence electrons. The Balaban J connectivity index is 1.87. The molecule has 0 aromatic carbocycles. The van der Waals surface area contributed by atoms with Crippen molar-refractivity contribution in [2.45, 2.75) is 47.0 Å². The Kier molecular flexibility index (Phi) is 1.15. The molecule has 0 heterocycles. The maximum absolute atomic E-state index is 2.58. The molecule has 3 fully saturated rings. The summed E-state index contributed by atoms with van der Waals surface area (Å²) < 4.78 is 0. The third-order valence-electron chi connectivity index (χ3n) is 7.01. The second kappa shape index (κ2) is 1.96. The zero-order valence-electron chi connectivity index (χ0n) is 10.4. The molecule has 0 radical (unpaired) electrons. The van der Waals surface area contributed by atoms with Crippen molar-refractivity contribution in [2.75, 3.05) is 0 Å². The van der Waals surface area contributed by atoms with E-state index in [1.165, 1.54) is 19.3 Å². The van der Waals surface area contributed by atoms with Gasteiger partial charge in [-0.15, -0.1) is 0 Å². The largest absolute Gasteiger partial charge is 0.0847 e. The highest BCUT2D eigenvalue weighted by molar-refractivity contribution is 5.46. The second-order valence-corrected chi connectivity index (χ2v) is 7.41. The van der Waals surface area contributed by atoms with Crippen LogP contribution in [0.15, 0.2) is 11.6 Å². The molecule has 4 aliphatic carbocycles. The Hall–Kier alpha value is -0.260. The number of rotatable bonds is 0. The highest BCUT2D eigenvalue weighted by atomic mass is 14.9. The average molecular weight is 202 g/mol. The molecule has 0 heteroatoms. The Morgan fingerprint density at radius 1 is 1.27 bits per heavy atom. The first-order valence-corrected chi connectivity index (χ1v) is 6.64. The van der Waals surface area contributed by atoms with Gasteiger partial charge in [0.2, 0.25) is 0 Å². The van der Waals surface area contributed by atoms with Gasteiger partial charge < -0.3 is 0 Å². The van der Waals surface area contributed by atoms with Crippen LogP contribution < -0.4 is 0 Å². The number of fused-ring (bicyclic) bond motifs is 2. The first kappa shape index (κ1) is 8.84. The predicted molar refractivity (Wildman–Crippen MR) is 62.4 cm³/mol. The van der Waals surface area contributed by atoms with Crippen molar-refractivity contribution in [1.82, 2.24) is 0 Å². The maximum Gasteiger partial charge on any atom is 0.00389 e. The van der Waals surface area contributed by atoms with E-state index >= 15 is 0 Å². The van der Waals surface area contributed by atoms with Crippen LogP contribution >= 0.6 is 0 Å². The highest BCUT2D eigenvalue weighted by Crippen LogP contribution is 2.92. The lowest BCUT2D eigenvalue weighted by Gasteiger charge is -2.28. The van der Waals surface area contributed by atoms with Gasteiger partial charge in [0.15, 0.2) is 0 Å². The molecule has 1 spiro atoms. The van der Waals surface area contributed by atoms with Crippen molar-refractivity contribution < 1.29 is 0 Å². The van der Waals surface area contributed by atoms with Crippen molar-refractivity contribution in [3.05, 3.63) is 11.6 Å². The van der Waals surface area contributed by atoms with Crippen LogP contribution in [-0.2, 0) is 0 Å². The minimum Gasteiger partial charge on any atom is -0.0847 e. The minimum atomic E-state index is 0.659. The van der Waals surface area contributed by atoms with Crippen LogP contribution in [-0.4, -0.2) is 0 Å². The van der Waals surface area contributed by atoms with Crippen molar-refractivity contribution in [3.8, 4) is 0 Å². The van der Waals surface area contributed by atoms with Crippen LogP contribution in [0.2, 0.25) is 0 Å². The van der Waals surface area contributed by atoms with Gasteiger partial charge in [0.1, 0.15) is 0 Å². The van der Waals surface area contributed by atoms with E-state index in [2.05, 4.69) is 33.8 Å². The summed E-state index contributed by atoms with van der Waals surface area (Å²) in [4.78, 5) is 0. The molecule has 0 unspecified atom stereocenters. The molecule has 0 bridgehead atoms. The summed E-state index contributed by atoms with van der Waals surface area (Å²) in [6.45, 7) is 10.0. The molecule has 0 amide bonds. The van der Waals surface area contributed by atoms with E-state index in [0.717, 1.165) is 17.8 Å². The van der Waals surface area contributed by atoms with Crippen molar-refractivity contribution in [2.24, 2.45) is 34.0 Å². The molecule has 0 nitrogen and oxygen atoms in total. The Morgan fingerprint density at radius 2 is 2.00 bits per heavy atom. The molecule has 0 saturated heterocycles. The fourth-order valence-corrected chi connectivity index (χ4v) is 6.28. The highest BCUT2D eigenvalue weighted by Gasteiger charge is 2.87. The zero-order chi connectivity index (χ0) is 10.6. The summed E-state index contributed by atoms with van der Waals surface area (Å²) >= 11 is 0. The van der Waals surface area contributed by atoms with E-state index in [4.69, 9.17) is 0 Å². The molecule has 0 N–H and O–H groups in total. The number of hydrogen-bond acceptors (Lipinski definition) is 0. The Morgan fingerprint density at radius 3 is 2.73 bits per heavy atom. The van der Waals surface area contributed by atoms with Gasteiger partial charge in [-0.25, -0.2) is 0 Å². The van der Waals surface area contributed by atoms with Crippen LogP contribution in [0.3, 0.4) is 0 Å². The van der Waals surface area contributed by atoms with Gasteiger partial charge in [0.25, 0.3) is 0 Å². The predicted octanol–water partition coefficient (Wildman–Crippen LogP) is 4.02. The monoisotopic (exact) mass is 202 g/mol. The average Bonchev–Trinajstić information content (AvgIpc) is 2.84. The maximum atomic E-state index is 2.58. The summed E-state index contributed by atoms with van der Waals surface area (Å²) in [6.07, 6.45) is 6.96. The van der Waals surface area contributed by atoms with Crippen molar-refractivity contribution in [3.63, 3.8) is 0 Å². The third kappa shape index (κ3) is 0.610. The lowest BCUT2D eigenvalue weighted by molar-refractivity contribution is 0.271. The van der Waals surface area contributed by atoms with Crippen LogP contribution in [0, 0.1) is 34.0 Å². The standard InChI is InChI=1S/C15H22/c1-9-5-6-11-14(4)8-7-10-12(13(10,2)3)15(9,11)14/h5,10-12H,6-8H2,1-4H3/t10-,11-,12+,14-,15+/m0/s1. The minimum absolute atomic E-state index is 0.659. The van der Waals surface area contributed by atoms with E-state index in [1.54, 1.807) is 5.57 Å². The molecule has 0 aliphatic heterocycles. The fraction of sp³-hybridized carbons (Fsp3) is 0.867. The van der Waals surface area contributed by atoms with Crippen LogP contribution in [0.4, 0.5) is 0 Å². The van der Waals surface area contributed by atoms with Gasteiger partial charge >= 0.3 is 0 Å². The van der Waals surface area contributed by atoms with E-state index in [1.807, 2.05) is 0 Å². The Bertz CT molecular complexity index is 389. The normalized spacial score (nSPS) is 62.7. The van der Waals surface area contributed by atoms with E-state index in [0.29, 0.717) is 16.2 Å². The molecule has 3 saturated carbocycles. The van der Waals surface area contributed by atoms with Gasteiger partial charge in [-0.3, -0.25) is 0 Å². The molecule has 0 aromatic rings. The van der Waals surface area contributed by atoms with E-state index in [-0.39, 0.29) is 0 Å². The van der Waals surface area contributed by atoms with Gasteiger partial charge in [-0.2, -0.15) is 0 Å². The van der Waals surface area contributed by atoms with Crippen LogP contribution in [0.1, 0.15) is 47.0 Å². The molecular formula is C15H22. The van der Waals surface area contributed by atoms with Crippen LogP contribution in [0.5, 0.6) is 0 Å². The summed E-state index contributed by atoms with van der Waals surface area (Å²) in [6, 6.07) is 0. The molecule has 15 heavy (non-hydrogen) atoms. The molecular weight excluding hydrogens is 180 g/mol. The quantitative estimate of drug-likeness (QED) is 0.520. The summed E-state index contributed by atoms with van der Waals surface area (Å²) in [5, 5.41) is 0. The molecule has 5 atom stereocenters. The Labute approximate surface area is 93.1 Å². The number of allylic oxidation sites excluding steroid dienone is 2. The second-order valence-electron chi connectivity index (χ2n) is 7.41. The summed E-state index contributed by atoms with van der Waals surface area (Å²) in [5.74, 6) is 3.12. The molecule has 4 aliphatic rings. The van der Waals surface area contributed by atoms with Gasteiger partial charge in [-0.05, 0) is 54.8 Å². The van der Waals surface area contributed by atoms with Gasteiger partial charge in [0, 0.05) is 5.41 Å². The topological polar surface area (TPSA) is 0 Å². The van der Waals surface area contributed by atoms with Crippen LogP contribution in [0.25, 0.3) is 0 Å². The van der Waals surface area contributed by atoms with Crippen molar-refractivity contribution in [1.29, 1.82) is 0 Å². The van der Waals surface area contributed by atoms with E-state index < -0.39 is 0 Å². The molecule has 0 aromatic heterocycles. The lowest BCUT2D eigenvalue weighted by Crippen LogP contribution is -2.21. The fourth-order valence-electron chi connectivity index (χ4n) is 6.28. The van der Waals surface area contributed by atoms with Gasteiger partial charge in [-0.1, -0.05) is 32.4 Å². The summed E-state index contributed by atoms with van der Waals surface area (Å²) in [7, 11) is 0. The SMILES string of the molecule is CC1=CC[C@@H]2[C@@]13[C@@H]1[C@H](CC[C@@]23C)C1(C)C. The van der Waals surface area contributed by atoms with Crippen molar-refractivity contribution >= 4 is 0 Å². The lowest BCUT2D eigenvalue weighted by atomic mass is 9.76. The first-order valence-electron chi connectivity index (χ1n) is 6.64. The third-order valence-corrected chi connectivity index (χ3v) is 7.01. The van der Waals surface area contributed by atoms with E-state index in [9.17, 15) is 0 Å². The first-order chi connectivity index (χ1) is 6.97. The zero-order valence-corrected chi connectivity index (χ0v) is 10.4. The number of hydrogen-bond donors (Lipinski definition) is 0. The smallest absolute Gasteiger partial charge is 0.00389 e. The summed E-state index contributed by atoms with van der Waals surface area (Å²) in [5.41, 5.74) is 3.81. The molecule has 4 rings (SSSR count). The van der Waals surface area contributed by atoms with Gasteiger partial charge in [0.05, 0.1) is 0 Å².